The van der Waals surface area contributed by atoms with Crippen molar-refractivity contribution in [1.29, 1.82) is 0 Å². The topological polar surface area (TPSA) is 92.9 Å². The second-order valence-corrected chi connectivity index (χ2v) is 7.37. The van der Waals surface area contributed by atoms with E-state index in [4.69, 9.17) is 9.15 Å². The molecule has 0 aliphatic carbocycles. The van der Waals surface area contributed by atoms with E-state index in [1.165, 1.54) is 11.0 Å². The first-order valence-corrected chi connectivity index (χ1v) is 10.1. The molecule has 0 radical (unpaired) electrons. The summed E-state index contributed by atoms with van der Waals surface area (Å²) in [6, 6.07) is 13.0. The van der Waals surface area contributed by atoms with Crippen LogP contribution in [0.3, 0.4) is 0 Å². The van der Waals surface area contributed by atoms with Gasteiger partial charge in [0.15, 0.2) is 11.5 Å². The predicted molar refractivity (Wildman–Crippen MR) is 117 cm³/mol. The van der Waals surface area contributed by atoms with E-state index in [9.17, 15) is 14.7 Å². The summed E-state index contributed by atoms with van der Waals surface area (Å²) < 4.78 is 11.1. The molecule has 7 heteroatoms. The average molecular weight is 430 g/mol. The molecule has 1 aliphatic rings. The zero-order valence-electron chi connectivity index (χ0n) is 17.5. The molecule has 1 N–H and O–H groups in total. The van der Waals surface area contributed by atoms with Crippen molar-refractivity contribution in [1.82, 2.24) is 9.88 Å². The minimum absolute atomic E-state index is 0.0332. The lowest BCUT2D eigenvalue weighted by Gasteiger charge is -2.27. The molecule has 0 fully saturated rings. The van der Waals surface area contributed by atoms with Crippen LogP contribution >= 0.6 is 0 Å². The first-order valence-electron chi connectivity index (χ1n) is 10.1. The zero-order chi connectivity index (χ0) is 22.7. The van der Waals surface area contributed by atoms with Crippen LogP contribution in [-0.4, -0.2) is 33.3 Å². The van der Waals surface area contributed by atoms with Gasteiger partial charge in [0.2, 0.25) is 5.78 Å². The lowest BCUT2D eigenvalue weighted by atomic mass is 9.94. The summed E-state index contributed by atoms with van der Waals surface area (Å²) in [6.07, 6.45) is 4.90. The number of aryl methyl sites for hydroxylation is 1. The van der Waals surface area contributed by atoms with Gasteiger partial charge in [-0.05, 0) is 48.4 Å². The lowest BCUT2D eigenvalue weighted by molar-refractivity contribution is -0.130. The number of carbonyl (C=O) groups excluding carboxylic acids is 2. The third-order valence-electron chi connectivity index (χ3n) is 5.13. The number of amides is 1. The van der Waals surface area contributed by atoms with Crippen LogP contribution in [0.25, 0.3) is 0 Å². The summed E-state index contributed by atoms with van der Waals surface area (Å²) in [5, 5.41) is 10.8. The largest absolute Gasteiger partial charge is 0.503 e. The lowest BCUT2D eigenvalue weighted by Crippen LogP contribution is -2.30. The Morgan fingerprint density at radius 2 is 2.12 bits per heavy atom. The highest BCUT2D eigenvalue weighted by atomic mass is 16.5. The number of pyridine rings is 1. The number of hydrogen-bond donors (Lipinski definition) is 1. The number of ketones is 1. The molecule has 0 bridgehead atoms. The van der Waals surface area contributed by atoms with Gasteiger partial charge in [-0.25, -0.2) is 0 Å². The number of Topliss-reactive ketones (excluding diaryl/α,β-unsaturated/α-hetero) is 1. The van der Waals surface area contributed by atoms with E-state index in [2.05, 4.69) is 11.6 Å². The van der Waals surface area contributed by atoms with Crippen molar-refractivity contribution < 1.29 is 23.8 Å². The second-order valence-electron chi connectivity index (χ2n) is 7.37. The van der Waals surface area contributed by atoms with Crippen LogP contribution in [0.4, 0.5) is 0 Å². The Kier molecular flexibility index (Phi) is 5.89. The van der Waals surface area contributed by atoms with Crippen LogP contribution in [0.1, 0.15) is 33.5 Å². The highest BCUT2D eigenvalue weighted by molar-refractivity contribution is 6.15. The summed E-state index contributed by atoms with van der Waals surface area (Å²) in [7, 11) is 0. The molecule has 32 heavy (non-hydrogen) atoms. The van der Waals surface area contributed by atoms with E-state index in [0.29, 0.717) is 23.7 Å². The summed E-state index contributed by atoms with van der Waals surface area (Å²) in [6.45, 7) is 5.84. The monoisotopic (exact) mass is 430 g/mol. The Balaban J connectivity index is 1.79. The van der Waals surface area contributed by atoms with E-state index < -0.39 is 23.5 Å². The first-order chi connectivity index (χ1) is 15.5. The maximum Gasteiger partial charge on any atom is 0.290 e. The fraction of sp³-hybridized carbons (Fsp3) is 0.160. The van der Waals surface area contributed by atoms with Crippen LogP contribution in [-0.2, 0) is 11.3 Å². The van der Waals surface area contributed by atoms with Crippen molar-refractivity contribution >= 4 is 11.7 Å². The van der Waals surface area contributed by atoms with E-state index in [0.717, 1.165) is 5.56 Å². The van der Waals surface area contributed by atoms with Crippen molar-refractivity contribution in [3.8, 4) is 5.75 Å². The Morgan fingerprint density at radius 1 is 1.28 bits per heavy atom. The Labute approximate surface area is 185 Å². The minimum atomic E-state index is -0.826. The number of nitrogens with zero attached hydrogens (tertiary/aromatic N) is 2. The first kappa shape index (κ1) is 21.1. The van der Waals surface area contributed by atoms with Crippen molar-refractivity contribution in [2.75, 3.05) is 6.61 Å². The second kappa shape index (κ2) is 8.93. The van der Waals surface area contributed by atoms with Gasteiger partial charge in [-0.1, -0.05) is 30.9 Å². The van der Waals surface area contributed by atoms with Crippen LogP contribution in [0, 0.1) is 6.92 Å². The number of aliphatic hydroxyl groups is 1. The smallest absolute Gasteiger partial charge is 0.290 e. The van der Waals surface area contributed by atoms with Gasteiger partial charge in [0, 0.05) is 18.9 Å². The van der Waals surface area contributed by atoms with Gasteiger partial charge in [-0.15, -0.1) is 0 Å². The molecular formula is C25H22N2O5. The third kappa shape index (κ3) is 4.05. The van der Waals surface area contributed by atoms with E-state index in [-0.39, 0.29) is 17.9 Å². The molecule has 7 nitrogen and oxygen atoms in total. The van der Waals surface area contributed by atoms with Crippen LogP contribution < -0.4 is 4.74 Å². The molecule has 162 valence electrons. The van der Waals surface area contributed by atoms with E-state index >= 15 is 0 Å². The fourth-order valence-electron chi connectivity index (χ4n) is 3.70. The normalized spacial score (nSPS) is 15.8. The molecule has 1 amide bonds. The highest BCUT2D eigenvalue weighted by Gasteiger charge is 2.44. The summed E-state index contributed by atoms with van der Waals surface area (Å²) in [5.41, 5.74) is 1.36. The van der Waals surface area contributed by atoms with Crippen LogP contribution in [0.15, 0.2) is 89.3 Å². The number of aliphatic hydroxyl groups excluding tert-OH is 1. The van der Waals surface area contributed by atoms with Crippen LogP contribution in [0.5, 0.6) is 5.75 Å². The zero-order valence-corrected chi connectivity index (χ0v) is 17.5. The summed E-state index contributed by atoms with van der Waals surface area (Å²) in [4.78, 5) is 31.9. The molecule has 3 heterocycles. The average Bonchev–Trinajstić information content (AvgIpc) is 3.35. The highest BCUT2D eigenvalue weighted by Crippen LogP contribution is 2.40. The molecule has 0 saturated carbocycles. The van der Waals surface area contributed by atoms with Gasteiger partial charge >= 0.3 is 0 Å². The van der Waals surface area contributed by atoms with Gasteiger partial charge in [0.25, 0.3) is 5.91 Å². The number of hydrogen-bond acceptors (Lipinski definition) is 6. The number of aromatic nitrogens is 1. The Bertz CT molecular complexity index is 1200. The number of furan rings is 1. The maximum absolute atomic E-state index is 13.3. The van der Waals surface area contributed by atoms with Gasteiger partial charge in [-0.2, -0.15) is 0 Å². The van der Waals surface area contributed by atoms with E-state index in [1.807, 2.05) is 6.07 Å². The molecule has 1 atom stereocenters. The maximum atomic E-state index is 13.3. The van der Waals surface area contributed by atoms with Crippen molar-refractivity contribution in [3.05, 3.63) is 108 Å². The van der Waals surface area contributed by atoms with E-state index in [1.54, 1.807) is 61.8 Å². The van der Waals surface area contributed by atoms with Gasteiger partial charge < -0.3 is 19.2 Å². The van der Waals surface area contributed by atoms with Gasteiger partial charge in [0.05, 0.1) is 11.6 Å². The van der Waals surface area contributed by atoms with Crippen molar-refractivity contribution in [2.45, 2.75) is 19.5 Å². The summed E-state index contributed by atoms with van der Waals surface area (Å²) in [5.74, 6) is -0.591. The minimum Gasteiger partial charge on any atom is -0.503 e. The number of carbonyl (C=O) groups is 2. The summed E-state index contributed by atoms with van der Waals surface area (Å²) >= 11 is 0. The van der Waals surface area contributed by atoms with Gasteiger partial charge in [0.1, 0.15) is 18.1 Å². The molecule has 4 rings (SSSR count). The third-order valence-corrected chi connectivity index (χ3v) is 5.13. The Morgan fingerprint density at radius 3 is 2.81 bits per heavy atom. The molecule has 1 unspecified atom stereocenters. The molecule has 2 aromatic heterocycles. The number of benzene rings is 1. The van der Waals surface area contributed by atoms with Gasteiger partial charge in [-0.3, -0.25) is 14.6 Å². The molecule has 0 saturated heterocycles. The van der Waals surface area contributed by atoms with Crippen molar-refractivity contribution in [2.24, 2.45) is 0 Å². The predicted octanol–water partition coefficient (Wildman–Crippen LogP) is 4.33. The number of ether oxygens (including phenoxy) is 1. The standard InChI is InChI=1S/C25H22N2O5/c1-3-12-31-19-8-4-7-18(13-19)22-21(23(28)20-10-9-16(2)32-20)24(29)25(30)27(22)15-17-6-5-11-26-14-17/h3-11,13-14,22,29H,1,12,15H2,2H3. The molecule has 3 aromatic rings. The van der Waals surface area contributed by atoms with Crippen molar-refractivity contribution in [3.63, 3.8) is 0 Å². The molecule has 1 aliphatic heterocycles. The quantitative estimate of drug-likeness (QED) is 0.422. The van der Waals surface area contributed by atoms with Crippen LogP contribution in [0.2, 0.25) is 0 Å². The fourth-order valence-corrected chi connectivity index (χ4v) is 3.70. The molecule has 1 aromatic carbocycles. The number of rotatable bonds is 8. The molecule has 0 spiro atoms. The SMILES string of the molecule is C=CCOc1cccc(C2C(C(=O)c3ccc(C)o3)=C(O)C(=O)N2Cc2cccnc2)c1. The Hall–Kier alpha value is -4.13. The molecular weight excluding hydrogens is 408 g/mol.